The van der Waals surface area contributed by atoms with Gasteiger partial charge in [-0.05, 0) is 58.7 Å². The van der Waals surface area contributed by atoms with E-state index in [2.05, 4.69) is 10.6 Å². The average molecular weight is 276 g/mol. The summed E-state index contributed by atoms with van der Waals surface area (Å²) in [6.07, 6.45) is 0. The number of hydrogen-bond acceptors (Lipinski definition) is 2. The highest BCUT2D eigenvalue weighted by Gasteiger charge is 2.36. The van der Waals surface area contributed by atoms with Crippen LogP contribution in [0.3, 0.4) is 0 Å². The van der Waals surface area contributed by atoms with Crippen LogP contribution >= 0.6 is 0 Å². The minimum Gasteiger partial charge on any atom is -0.353 e. The molecule has 20 heavy (non-hydrogen) atoms. The molecule has 4 nitrogen and oxygen atoms in total. The summed E-state index contributed by atoms with van der Waals surface area (Å²) in [5, 5.41) is 5.62. The molecule has 0 atom stereocenters. The predicted molar refractivity (Wildman–Crippen MR) is 81.6 cm³/mol. The van der Waals surface area contributed by atoms with Crippen molar-refractivity contribution >= 4 is 17.5 Å². The molecule has 0 unspecified atom stereocenters. The summed E-state index contributed by atoms with van der Waals surface area (Å²) in [7, 11) is 0. The lowest BCUT2D eigenvalue weighted by Gasteiger charge is -2.24. The number of carbonyl (C=O) groups is 2. The number of benzene rings is 1. The Hall–Kier alpha value is -1.84. The van der Waals surface area contributed by atoms with E-state index in [0.717, 1.165) is 16.8 Å². The Bertz CT molecular complexity index is 519. The zero-order chi connectivity index (χ0) is 15.5. The maximum Gasteiger partial charge on any atom is 0.239 e. The molecule has 110 valence electrons. The summed E-state index contributed by atoms with van der Waals surface area (Å²) in [6, 6.07) is 5.85. The SMILES string of the molecule is Cc1ccc(C)c(NC(=O)C(C)(C)C(=O)NC(C)C)c1. The van der Waals surface area contributed by atoms with Gasteiger partial charge in [0.2, 0.25) is 11.8 Å². The second kappa shape index (κ2) is 6.07. The third-order valence-corrected chi connectivity index (χ3v) is 3.20. The Morgan fingerprint density at radius 1 is 1.10 bits per heavy atom. The monoisotopic (exact) mass is 276 g/mol. The second-order valence-electron chi connectivity index (χ2n) is 6.03. The zero-order valence-electron chi connectivity index (χ0n) is 13.1. The minimum atomic E-state index is -1.11. The first-order chi connectivity index (χ1) is 9.14. The van der Waals surface area contributed by atoms with Gasteiger partial charge in [-0.25, -0.2) is 0 Å². The molecule has 0 aliphatic heterocycles. The number of amides is 2. The van der Waals surface area contributed by atoms with Gasteiger partial charge in [-0.15, -0.1) is 0 Å². The molecular weight excluding hydrogens is 252 g/mol. The van der Waals surface area contributed by atoms with Crippen molar-refractivity contribution in [1.82, 2.24) is 5.32 Å². The van der Waals surface area contributed by atoms with Crippen molar-refractivity contribution in [2.24, 2.45) is 5.41 Å². The molecule has 0 heterocycles. The second-order valence-corrected chi connectivity index (χ2v) is 6.03. The summed E-state index contributed by atoms with van der Waals surface area (Å²) in [4.78, 5) is 24.4. The third-order valence-electron chi connectivity index (χ3n) is 3.20. The lowest BCUT2D eigenvalue weighted by Crippen LogP contribution is -2.47. The van der Waals surface area contributed by atoms with Crippen LogP contribution in [0.4, 0.5) is 5.69 Å². The van der Waals surface area contributed by atoms with Gasteiger partial charge in [0.15, 0.2) is 0 Å². The fourth-order valence-corrected chi connectivity index (χ4v) is 1.69. The molecule has 0 aromatic heterocycles. The smallest absolute Gasteiger partial charge is 0.239 e. The number of carbonyl (C=O) groups excluding carboxylic acids is 2. The molecule has 0 fully saturated rings. The summed E-state index contributed by atoms with van der Waals surface area (Å²) >= 11 is 0. The van der Waals surface area contributed by atoms with Gasteiger partial charge in [-0.1, -0.05) is 12.1 Å². The van der Waals surface area contributed by atoms with E-state index in [9.17, 15) is 9.59 Å². The van der Waals surface area contributed by atoms with Crippen molar-refractivity contribution in [3.8, 4) is 0 Å². The van der Waals surface area contributed by atoms with E-state index < -0.39 is 5.41 Å². The Morgan fingerprint density at radius 3 is 2.25 bits per heavy atom. The largest absolute Gasteiger partial charge is 0.353 e. The molecule has 2 amide bonds. The van der Waals surface area contributed by atoms with Crippen molar-refractivity contribution in [1.29, 1.82) is 0 Å². The lowest BCUT2D eigenvalue weighted by atomic mass is 9.90. The van der Waals surface area contributed by atoms with Gasteiger partial charge in [0, 0.05) is 11.7 Å². The molecular formula is C16H24N2O2. The maximum absolute atomic E-state index is 12.3. The summed E-state index contributed by atoms with van der Waals surface area (Å²) in [6.45, 7) is 10.9. The van der Waals surface area contributed by atoms with Crippen molar-refractivity contribution < 1.29 is 9.59 Å². The first-order valence-corrected chi connectivity index (χ1v) is 6.84. The lowest BCUT2D eigenvalue weighted by molar-refractivity contribution is -0.138. The van der Waals surface area contributed by atoms with Gasteiger partial charge in [-0.2, -0.15) is 0 Å². The van der Waals surface area contributed by atoms with E-state index >= 15 is 0 Å². The van der Waals surface area contributed by atoms with Crippen LogP contribution in [0.2, 0.25) is 0 Å². The van der Waals surface area contributed by atoms with Crippen LogP contribution in [-0.2, 0) is 9.59 Å². The molecule has 0 aliphatic carbocycles. The van der Waals surface area contributed by atoms with Gasteiger partial charge in [0.05, 0.1) is 0 Å². The molecule has 0 saturated carbocycles. The van der Waals surface area contributed by atoms with Crippen LogP contribution in [0.1, 0.15) is 38.8 Å². The highest BCUT2D eigenvalue weighted by atomic mass is 16.2. The highest BCUT2D eigenvalue weighted by Crippen LogP contribution is 2.22. The van der Waals surface area contributed by atoms with E-state index in [0.29, 0.717) is 0 Å². The van der Waals surface area contributed by atoms with Crippen molar-refractivity contribution in [2.45, 2.75) is 47.6 Å². The van der Waals surface area contributed by atoms with Gasteiger partial charge in [0.25, 0.3) is 0 Å². The molecule has 4 heteroatoms. The molecule has 0 radical (unpaired) electrons. The minimum absolute atomic E-state index is 0.00952. The molecule has 0 spiro atoms. The Kier molecular flexibility index (Phi) is 4.93. The van der Waals surface area contributed by atoms with Gasteiger partial charge in [0.1, 0.15) is 5.41 Å². The Labute approximate surface area is 121 Å². The first kappa shape index (κ1) is 16.2. The molecule has 0 saturated heterocycles. The van der Waals surface area contributed by atoms with E-state index in [1.165, 1.54) is 0 Å². The standard InChI is InChI=1S/C16H24N2O2/c1-10(2)17-14(19)16(5,6)15(20)18-13-9-11(3)7-8-12(13)4/h7-10H,1-6H3,(H,17,19)(H,18,20). The predicted octanol–water partition coefficient (Wildman–Crippen LogP) is 2.79. The number of nitrogens with one attached hydrogen (secondary N) is 2. The first-order valence-electron chi connectivity index (χ1n) is 6.84. The van der Waals surface area contributed by atoms with E-state index in [-0.39, 0.29) is 17.9 Å². The third kappa shape index (κ3) is 3.83. The zero-order valence-corrected chi connectivity index (χ0v) is 13.1. The number of aryl methyl sites for hydroxylation is 2. The molecule has 0 bridgehead atoms. The van der Waals surface area contributed by atoms with Crippen LogP contribution in [0.25, 0.3) is 0 Å². The fraction of sp³-hybridized carbons (Fsp3) is 0.500. The van der Waals surface area contributed by atoms with Crippen LogP contribution in [0.5, 0.6) is 0 Å². The Balaban J connectivity index is 2.89. The van der Waals surface area contributed by atoms with Gasteiger partial charge < -0.3 is 10.6 Å². The fourth-order valence-electron chi connectivity index (χ4n) is 1.69. The highest BCUT2D eigenvalue weighted by molar-refractivity contribution is 6.10. The molecule has 1 rings (SSSR count). The quantitative estimate of drug-likeness (QED) is 0.831. The topological polar surface area (TPSA) is 58.2 Å². The summed E-state index contributed by atoms with van der Waals surface area (Å²) < 4.78 is 0. The van der Waals surface area contributed by atoms with Crippen molar-refractivity contribution in [3.05, 3.63) is 29.3 Å². The molecule has 2 N–H and O–H groups in total. The number of anilines is 1. The van der Waals surface area contributed by atoms with E-state index in [4.69, 9.17) is 0 Å². The van der Waals surface area contributed by atoms with Gasteiger partial charge in [-0.3, -0.25) is 9.59 Å². The average Bonchev–Trinajstić information content (AvgIpc) is 2.32. The maximum atomic E-state index is 12.3. The molecule has 0 aliphatic rings. The number of hydrogen-bond donors (Lipinski definition) is 2. The van der Waals surface area contributed by atoms with Crippen molar-refractivity contribution in [2.75, 3.05) is 5.32 Å². The summed E-state index contributed by atoms with van der Waals surface area (Å²) in [5.41, 5.74) is 1.68. The normalized spacial score (nSPS) is 11.3. The van der Waals surface area contributed by atoms with Crippen LogP contribution in [-0.4, -0.2) is 17.9 Å². The van der Waals surface area contributed by atoms with Gasteiger partial charge >= 0.3 is 0 Å². The molecule has 1 aromatic rings. The summed E-state index contributed by atoms with van der Waals surface area (Å²) in [5.74, 6) is -0.570. The molecule has 1 aromatic carbocycles. The van der Waals surface area contributed by atoms with E-state index in [1.807, 2.05) is 45.9 Å². The van der Waals surface area contributed by atoms with Crippen LogP contribution in [0.15, 0.2) is 18.2 Å². The van der Waals surface area contributed by atoms with Crippen LogP contribution < -0.4 is 10.6 Å². The Morgan fingerprint density at radius 2 is 1.70 bits per heavy atom. The number of rotatable bonds is 4. The van der Waals surface area contributed by atoms with Crippen LogP contribution in [0, 0.1) is 19.3 Å². The van der Waals surface area contributed by atoms with Crippen molar-refractivity contribution in [3.63, 3.8) is 0 Å². The van der Waals surface area contributed by atoms with E-state index in [1.54, 1.807) is 13.8 Å².